The first-order valence-electron chi connectivity index (χ1n) is 13.8. The number of nitrogens with zero attached hydrogens (tertiary/aromatic N) is 6. The van der Waals surface area contributed by atoms with Gasteiger partial charge in [-0.1, -0.05) is 82.8 Å². The Morgan fingerprint density at radius 3 is 1.34 bits per heavy atom. The van der Waals surface area contributed by atoms with Crippen LogP contribution in [0.3, 0.4) is 0 Å². The van der Waals surface area contributed by atoms with Gasteiger partial charge < -0.3 is 9.97 Å². The monoisotopic (exact) mass is 531 g/mol. The summed E-state index contributed by atoms with van der Waals surface area (Å²) in [6, 6.07) is 24.5. The molecule has 0 saturated heterocycles. The van der Waals surface area contributed by atoms with Crippen molar-refractivity contribution in [3.63, 3.8) is 0 Å². The van der Waals surface area contributed by atoms with Crippen LogP contribution in [0, 0.1) is 0 Å². The fourth-order valence-corrected chi connectivity index (χ4v) is 6.16. The Morgan fingerprint density at radius 2 is 0.902 bits per heavy atom. The van der Waals surface area contributed by atoms with E-state index in [1.54, 1.807) is 0 Å². The van der Waals surface area contributed by atoms with Crippen molar-refractivity contribution in [2.45, 2.75) is 12.8 Å². The molecule has 194 valence electrons. The van der Waals surface area contributed by atoms with Gasteiger partial charge in [-0.15, -0.1) is 0 Å². The molecule has 0 saturated carbocycles. The molecule has 0 fully saturated rings. The van der Waals surface area contributed by atoms with Crippen molar-refractivity contribution >= 4 is 55.3 Å². The number of hydrogen-bond donors (Lipinski definition) is 2. The summed E-state index contributed by atoms with van der Waals surface area (Å²) in [5.74, 6) is 2.96. The van der Waals surface area contributed by atoms with Crippen LogP contribution in [0.5, 0.6) is 0 Å². The molecule has 5 heterocycles. The first-order valence-corrected chi connectivity index (χ1v) is 13.8. The number of aromatic nitrogens is 8. The maximum absolute atomic E-state index is 5.22. The first-order chi connectivity index (χ1) is 20.2. The quantitative estimate of drug-likeness (QED) is 0.226. The van der Waals surface area contributed by atoms with Gasteiger partial charge in [0.1, 0.15) is 11.3 Å². The molecule has 8 nitrogen and oxygen atoms in total. The number of benzene rings is 3. The van der Waals surface area contributed by atoms with Crippen LogP contribution in [0.2, 0.25) is 0 Å². The molecule has 3 aromatic carbocycles. The van der Waals surface area contributed by atoms with Crippen LogP contribution in [-0.2, 0) is 7.05 Å². The molecule has 8 bridgehead atoms. The van der Waals surface area contributed by atoms with Gasteiger partial charge in [0.2, 0.25) is 11.3 Å². The lowest BCUT2D eigenvalue weighted by Crippen LogP contribution is -2.33. The molecule has 3 aliphatic rings. The molecule has 1 aliphatic carbocycles. The minimum atomic E-state index is 0.618. The molecule has 8 heteroatoms. The lowest BCUT2D eigenvalue weighted by atomic mass is 9.99. The fourth-order valence-electron chi connectivity index (χ4n) is 6.16. The normalized spacial score (nSPS) is 14.1. The molecule has 0 unspecified atom stereocenters. The molecule has 2 aliphatic heterocycles. The Bertz CT molecular complexity index is 2180. The van der Waals surface area contributed by atoms with E-state index < -0.39 is 0 Å². The van der Waals surface area contributed by atoms with Gasteiger partial charge in [0.25, 0.3) is 11.6 Å². The van der Waals surface area contributed by atoms with Gasteiger partial charge in [-0.25, -0.2) is 19.5 Å². The third-order valence-corrected chi connectivity index (χ3v) is 8.11. The summed E-state index contributed by atoms with van der Waals surface area (Å²) in [5, 5.41) is 3.99. The van der Waals surface area contributed by atoms with E-state index in [1.165, 1.54) is 0 Å². The van der Waals surface area contributed by atoms with Crippen molar-refractivity contribution in [1.29, 1.82) is 0 Å². The topological polar surface area (TPSA) is 99.9 Å². The number of aromatic amines is 2. The molecule has 0 radical (unpaired) electrons. The van der Waals surface area contributed by atoms with E-state index in [0.29, 0.717) is 11.6 Å². The van der Waals surface area contributed by atoms with Crippen molar-refractivity contribution in [2.75, 3.05) is 0 Å². The third kappa shape index (κ3) is 3.21. The SMILES string of the molecule is C[n+]1c2nc3[nH]c(nc4nc(nc5[nH]c(nc1C1=CCCC=C12)c1ccccc51)-c1ccccc1-4)c1ccccc31. The lowest BCUT2D eigenvalue weighted by molar-refractivity contribution is -0.677. The van der Waals surface area contributed by atoms with Crippen LogP contribution in [0.15, 0.2) is 84.9 Å². The summed E-state index contributed by atoms with van der Waals surface area (Å²) in [4.78, 5) is 32.5. The highest BCUT2D eigenvalue weighted by molar-refractivity contribution is 6.08. The number of H-pyrrole nitrogens is 2. The molecule has 2 N–H and O–H groups in total. The molecule has 41 heavy (non-hydrogen) atoms. The van der Waals surface area contributed by atoms with Crippen molar-refractivity contribution in [2.24, 2.45) is 7.05 Å². The number of allylic oxidation sites excluding steroid dienone is 4. The second-order valence-corrected chi connectivity index (χ2v) is 10.5. The summed E-state index contributed by atoms with van der Waals surface area (Å²) in [5.41, 5.74) is 7.05. The summed E-state index contributed by atoms with van der Waals surface area (Å²) in [7, 11) is 2.04. The summed E-state index contributed by atoms with van der Waals surface area (Å²) in [6.07, 6.45) is 6.48. The molecular formula is C33H23N8+. The third-order valence-electron chi connectivity index (χ3n) is 8.11. The minimum absolute atomic E-state index is 0.618. The molecule has 0 atom stereocenters. The molecule has 9 rings (SSSR count). The summed E-state index contributed by atoms with van der Waals surface area (Å²) in [6.45, 7) is 0. The highest BCUT2D eigenvalue weighted by Crippen LogP contribution is 2.37. The Hall–Kier alpha value is -5.50. The minimum Gasteiger partial charge on any atom is -0.310 e. The summed E-state index contributed by atoms with van der Waals surface area (Å²) < 4.78 is 2.09. The molecule has 3 aromatic heterocycles. The fraction of sp³-hybridized carbons (Fsp3) is 0.0909. The molecular weight excluding hydrogens is 508 g/mol. The van der Waals surface area contributed by atoms with Crippen LogP contribution in [0.25, 0.3) is 78.1 Å². The van der Waals surface area contributed by atoms with E-state index in [9.17, 15) is 0 Å². The van der Waals surface area contributed by atoms with E-state index >= 15 is 0 Å². The average molecular weight is 532 g/mol. The number of nitrogens with one attached hydrogen (secondary N) is 2. The van der Waals surface area contributed by atoms with Gasteiger partial charge in [0.15, 0.2) is 11.6 Å². The smallest absolute Gasteiger partial charge is 0.273 e. The van der Waals surface area contributed by atoms with Gasteiger partial charge in [0, 0.05) is 32.7 Å². The van der Waals surface area contributed by atoms with Crippen molar-refractivity contribution < 1.29 is 4.57 Å². The highest BCUT2D eigenvalue weighted by atomic mass is 15.1. The van der Waals surface area contributed by atoms with E-state index in [0.717, 1.165) is 90.9 Å². The van der Waals surface area contributed by atoms with Crippen molar-refractivity contribution in [1.82, 2.24) is 34.9 Å². The van der Waals surface area contributed by atoms with Gasteiger partial charge in [-0.3, -0.25) is 0 Å². The average Bonchev–Trinajstić information content (AvgIpc) is 3.72. The van der Waals surface area contributed by atoms with Gasteiger partial charge in [-0.2, -0.15) is 0 Å². The zero-order valence-electron chi connectivity index (χ0n) is 22.2. The highest BCUT2D eigenvalue weighted by Gasteiger charge is 2.33. The van der Waals surface area contributed by atoms with E-state index in [1.807, 2.05) is 55.6 Å². The van der Waals surface area contributed by atoms with E-state index in [2.05, 4.69) is 51.0 Å². The van der Waals surface area contributed by atoms with Gasteiger partial charge >= 0.3 is 0 Å². The Balaban J connectivity index is 1.52. The Labute approximate surface area is 233 Å². The maximum atomic E-state index is 5.22. The van der Waals surface area contributed by atoms with E-state index in [-0.39, 0.29) is 0 Å². The van der Waals surface area contributed by atoms with Crippen LogP contribution >= 0.6 is 0 Å². The van der Waals surface area contributed by atoms with Gasteiger partial charge in [-0.05, 0) is 25.0 Å². The van der Waals surface area contributed by atoms with Crippen molar-refractivity contribution in [3.8, 4) is 22.8 Å². The number of hydrogen-bond acceptors (Lipinski definition) is 5. The zero-order chi connectivity index (χ0) is 27.1. The number of fused-ring (bicyclic) bond motifs is 20. The van der Waals surface area contributed by atoms with Gasteiger partial charge in [0.05, 0.1) is 18.2 Å². The van der Waals surface area contributed by atoms with Crippen LogP contribution in [0.1, 0.15) is 24.5 Å². The molecule has 6 aromatic rings. The first kappa shape index (κ1) is 22.3. The Morgan fingerprint density at radius 1 is 0.512 bits per heavy atom. The van der Waals surface area contributed by atoms with Crippen LogP contribution < -0.4 is 4.57 Å². The standard InChI is InChI=1S/C33H22N8/c1-41-32-24-16-8-9-17-25(24)33(41)40-31-23-15-7-5-13-21(23)29(38-31)36-27-19-11-3-2-10-18(19)26(34-27)35-28-20-12-4-6-14-22(20)30(37-28)39-32/h2-7,10-17H,8-9H2,1H3,(H,34,37,38)/p+1. The zero-order valence-corrected chi connectivity index (χ0v) is 22.2. The predicted octanol–water partition coefficient (Wildman–Crippen LogP) is 6.23. The predicted molar refractivity (Wildman–Crippen MR) is 160 cm³/mol. The molecule has 0 amide bonds. The number of rotatable bonds is 0. The largest absolute Gasteiger partial charge is 0.310 e. The second-order valence-electron chi connectivity index (χ2n) is 10.5. The van der Waals surface area contributed by atoms with Crippen LogP contribution in [-0.4, -0.2) is 34.9 Å². The second kappa shape index (κ2) is 8.25. The van der Waals surface area contributed by atoms with E-state index in [4.69, 9.17) is 24.9 Å². The maximum Gasteiger partial charge on any atom is 0.273 e. The van der Waals surface area contributed by atoms with Crippen molar-refractivity contribution in [3.05, 3.63) is 96.6 Å². The molecule has 0 spiro atoms. The van der Waals surface area contributed by atoms with Crippen LogP contribution in [0.4, 0.5) is 0 Å². The lowest BCUT2D eigenvalue weighted by Gasteiger charge is -2.02. The Kier molecular flexibility index (Phi) is 4.49. The summed E-state index contributed by atoms with van der Waals surface area (Å²) >= 11 is 0.